The highest BCUT2D eigenvalue weighted by atomic mass is 19.1. The number of rotatable bonds is 1. The van der Waals surface area contributed by atoms with Crippen LogP contribution in [0.4, 0.5) is 20.7 Å². The Hall–Kier alpha value is -2.72. The second-order valence-corrected chi connectivity index (χ2v) is 9.84. The molecule has 4 aliphatic heterocycles. The van der Waals surface area contributed by atoms with Gasteiger partial charge in [0, 0.05) is 24.7 Å². The van der Waals surface area contributed by atoms with Gasteiger partial charge in [-0.05, 0) is 45.7 Å². The number of ether oxygens (including phenoxy) is 2. The lowest BCUT2D eigenvalue weighted by molar-refractivity contribution is -0.0522. The predicted molar refractivity (Wildman–Crippen MR) is 120 cm³/mol. The second-order valence-electron chi connectivity index (χ2n) is 9.84. The van der Waals surface area contributed by atoms with Crippen LogP contribution in [0.2, 0.25) is 0 Å². The largest absolute Gasteiger partial charge is 0.444 e. The Morgan fingerprint density at radius 1 is 1.24 bits per heavy atom. The summed E-state index contributed by atoms with van der Waals surface area (Å²) in [6.45, 7) is 9.62. The number of aromatic nitrogens is 1. The van der Waals surface area contributed by atoms with Gasteiger partial charge in [0.1, 0.15) is 6.10 Å². The second kappa shape index (κ2) is 7.14. The molecule has 2 aromatic rings. The molecule has 0 aliphatic carbocycles. The van der Waals surface area contributed by atoms with Crippen molar-refractivity contribution in [1.82, 2.24) is 10.5 Å². The maximum Gasteiger partial charge on any atom is 0.416 e. The van der Waals surface area contributed by atoms with Gasteiger partial charge in [-0.25, -0.2) is 9.18 Å². The number of nitrogens with one attached hydrogen (secondary N) is 1. The lowest BCUT2D eigenvalue weighted by Gasteiger charge is -2.56. The van der Waals surface area contributed by atoms with Gasteiger partial charge in [0.15, 0.2) is 11.6 Å². The lowest BCUT2D eigenvalue weighted by Crippen LogP contribution is -2.67. The van der Waals surface area contributed by atoms with E-state index >= 15 is 4.39 Å². The van der Waals surface area contributed by atoms with Crippen molar-refractivity contribution >= 4 is 34.8 Å². The molecule has 1 aromatic carbocycles. The molecule has 0 saturated carbocycles. The molecule has 6 atom stereocenters. The van der Waals surface area contributed by atoms with Crippen molar-refractivity contribution in [1.29, 1.82) is 0 Å². The Kier molecular flexibility index (Phi) is 4.51. The van der Waals surface area contributed by atoms with Crippen LogP contribution in [0.15, 0.2) is 15.6 Å². The Morgan fingerprint density at radius 3 is 2.76 bits per heavy atom. The Morgan fingerprint density at radius 2 is 2.06 bits per heavy atom. The molecule has 1 N–H and O–H groups in total. The first-order valence-corrected chi connectivity index (χ1v) is 11.5. The normalized spacial score (nSPS) is 35.8. The summed E-state index contributed by atoms with van der Waals surface area (Å²) in [6, 6.07) is 1.62. The van der Waals surface area contributed by atoms with Crippen molar-refractivity contribution in [3.63, 3.8) is 0 Å². The number of anilines is 2. The van der Waals surface area contributed by atoms with E-state index in [0.717, 1.165) is 12.1 Å². The number of benzene rings is 1. The maximum absolute atomic E-state index is 16.1. The van der Waals surface area contributed by atoms with Gasteiger partial charge < -0.3 is 18.9 Å². The van der Waals surface area contributed by atoms with Gasteiger partial charge in [-0.1, -0.05) is 5.16 Å². The first-order chi connectivity index (χ1) is 15.8. The van der Waals surface area contributed by atoms with Crippen LogP contribution in [0.5, 0.6) is 0 Å². The molecule has 1 spiro atoms. The molecule has 1 aromatic heterocycles. The van der Waals surface area contributed by atoms with Crippen molar-refractivity contribution in [3.8, 4) is 0 Å². The molecular formula is C23H28FN5O4. The number of nitrogens with zero attached hydrogens (tertiary/aromatic N) is 4. The summed E-state index contributed by atoms with van der Waals surface area (Å²) in [5.41, 5.74) is 1.11. The third-order valence-electron chi connectivity index (χ3n) is 7.62. The van der Waals surface area contributed by atoms with E-state index in [4.69, 9.17) is 14.0 Å². The number of halogens is 1. The molecule has 4 aliphatic rings. The minimum atomic E-state index is -0.501. The monoisotopic (exact) mass is 457 g/mol. The van der Waals surface area contributed by atoms with E-state index < -0.39 is 11.9 Å². The number of aliphatic imine (C=N–C) groups is 1. The standard InChI is InChI=1S/C23H28FN5O4/c1-11-7-28-18-15(6-23(8-25-10-26-9-23)20(28)14(4)31-11)5-16-19(17(18)24)33-27-21(16)29-12(2)13(3)32-22(29)30/h5,8,11-14,20,26H,6-7,9-10H2,1-4H3/t11-,12-,13+,14+,20-,23?/m1/s1. The SMILES string of the molecule is C[C@@H]1CN2c3c(cc4c(N5C(=O)O[C@@H](C)[C@H]5C)noc4c3F)CC3(C=NCNC3)[C@H]2[C@H](C)O1. The van der Waals surface area contributed by atoms with E-state index in [2.05, 4.69) is 20.4 Å². The topological polar surface area (TPSA) is 92.4 Å². The van der Waals surface area contributed by atoms with E-state index in [1.807, 2.05) is 40.0 Å². The van der Waals surface area contributed by atoms with E-state index in [1.165, 1.54) is 4.90 Å². The molecule has 6 rings (SSSR count). The third-order valence-corrected chi connectivity index (χ3v) is 7.62. The van der Waals surface area contributed by atoms with Gasteiger partial charge in [-0.3, -0.25) is 15.2 Å². The van der Waals surface area contributed by atoms with Crippen molar-refractivity contribution in [2.75, 3.05) is 29.6 Å². The Bertz CT molecular complexity index is 1170. The molecule has 1 amide bonds. The van der Waals surface area contributed by atoms with Gasteiger partial charge in [-0.2, -0.15) is 0 Å². The molecule has 0 bridgehead atoms. The van der Waals surface area contributed by atoms with Crippen LogP contribution in [0, 0.1) is 11.2 Å². The fraction of sp³-hybridized carbons (Fsp3) is 0.609. The highest BCUT2D eigenvalue weighted by Crippen LogP contribution is 2.48. The summed E-state index contributed by atoms with van der Waals surface area (Å²) in [4.78, 5) is 20.6. The lowest BCUT2D eigenvalue weighted by atomic mass is 9.68. The quantitative estimate of drug-likeness (QED) is 0.704. The van der Waals surface area contributed by atoms with Crippen molar-refractivity contribution in [2.24, 2.45) is 10.4 Å². The molecule has 176 valence electrons. The molecule has 33 heavy (non-hydrogen) atoms. The smallest absolute Gasteiger partial charge is 0.416 e. The van der Waals surface area contributed by atoms with Crippen LogP contribution < -0.4 is 15.1 Å². The zero-order chi connectivity index (χ0) is 23.1. The van der Waals surface area contributed by atoms with E-state index in [1.54, 1.807) is 0 Å². The van der Waals surface area contributed by atoms with Crippen LogP contribution in [0.3, 0.4) is 0 Å². The zero-order valence-electron chi connectivity index (χ0n) is 19.2. The number of amides is 1. The van der Waals surface area contributed by atoms with Crippen LogP contribution in [-0.2, 0) is 15.9 Å². The van der Waals surface area contributed by atoms with Gasteiger partial charge in [0.25, 0.3) is 0 Å². The number of fused-ring (bicyclic) bond motifs is 5. The summed E-state index contributed by atoms with van der Waals surface area (Å²) in [5, 5.41) is 7.98. The fourth-order valence-corrected chi connectivity index (χ4v) is 6.17. The number of carbonyl (C=O) groups excluding carboxylic acids is 1. The molecule has 0 radical (unpaired) electrons. The average Bonchev–Trinajstić information content (AvgIpc) is 3.27. The molecule has 1 unspecified atom stereocenters. The predicted octanol–water partition coefficient (Wildman–Crippen LogP) is 2.86. The van der Waals surface area contributed by atoms with Crippen LogP contribution in [0.25, 0.3) is 11.0 Å². The molecule has 2 fully saturated rings. The van der Waals surface area contributed by atoms with Crippen LogP contribution in [0.1, 0.15) is 33.3 Å². The third kappa shape index (κ3) is 2.86. The minimum Gasteiger partial charge on any atom is -0.444 e. The summed E-state index contributed by atoms with van der Waals surface area (Å²) in [6.07, 6.45) is 1.68. The molecule has 9 nitrogen and oxygen atoms in total. The number of cyclic esters (lactones) is 1. The Labute approximate surface area is 190 Å². The first-order valence-electron chi connectivity index (χ1n) is 11.5. The van der Waals surface area contributed by atoms with Crippen molar-refractivity contribution in [3.05, 3.63) is 17.4 Å². The summed E-state index contributed by atoms with van der Waals surface area (Å²) in [7, 11) is 0. The number of morpholine rings is 1. The first kappa shape index (κ1) is 20.9. The molecule has 5 heterocycles. The highest BCUT2D eigenvalue weighted by Gasteiger charge is 2.53. The van der Waals surface area contributed by atoms with Crippen LogP contribution in [-0.4, -0.2) is 67.6 Å². The molecular weight excluding hydrogens is 429 g/mol. The number of hydrogen-bond acceptors (Lipinski definition) is 8. The van der Waals surface area contributed by atoms with E-state index in [0.29, 0.717) is 36.5 Å². The van der Waals surface area contributed by atoms with Gasteiger partial charge in [0.2, 0.25) is 5.58 Å². The van der Waals surface area contributed by atoms with E-state index in [-0.39, 0.29) is 41.4 Å². The summed E-state index contributed by atoms with van der Waals surface area (Å²) < 4.78 is 33.1. The number of hydrogen-bond donors (Lipinski definition) is 1. The maximum atomic E-state index is 16.1. The minimum absolute atomic E-state index is 0.0465. The highest BCUT2D eigenvalue weighted by molar-refractivity contribution is 6.01. The summed E-state index contributed by atoms with van der Waals surface area (Å²) >= 11 is 0. The molecule has 10 heteroatoms. The number of carbonyl (C=O) groups is 1. The van der Waals surface area contributed by atoms with Gasteiger partial charge in [0.05, 0.1) is 42.0 Å². The van der Waals surface area contributed by atoms with Gasteiger partial charge in [-0.15, -0.1) is 0 Å². The average molecular weight is 458 g/mol. The fourth-order valence-electron chi connectivity index (χ4n) is 6.17. The Balaban J connectivity index is 1.54. The summed E-state index contributed by atoms with van der Waals surface area (Å²) in [5.74, 6) is -0.153. The molecule has 2 saturated heterocycles. The van der Waals surface area contributed by atoms with Gasteiger partial charge >= 0.3 is 6.09 Å². The van der Waals surface area contributed by atoms with E-state index in [9.17, 15) is 4.79 Å². The zero-order valence-corrected chi connectivity index (χ0v) is 19.2. The van der Waals surface area contributed by atoms with Crippen molar-refractivity contribution in [2.45, 2.75) is 64.5 Å². The van der Waals surface area contributed by atoms with Crippen molar-refractivity contribution < 1.29 is 23.2 Å². The van der Waals surface area contributed by atoms with Crippen LogP contribution >= 0.6 is 0 Å².